The van der Waals surface area contributed by atoms with Gasteiger partial charge >= 0.3 is 7.60 Å². The SMILES string of the molecule is CCC(CC)(C(=O)C=Cc1cc(C(C)(C)C)cc(C(C)(C)C)c1O)P(=O)(OC)OC. The number of hydrogen-bond acceptors (Lipinski definition) is 5. The van der Waals surface area contributed by atoms with E-state index in [4.69, 9.17) is 9.05 Å². The predicted molar refractivity (Wildman–Crippen MR) is 124 cm³/mol. The Kier molecular flexibility index (Phi) is 8.32. The summed E-state index contributed by atoms with van der Waals surface area (Å²) in [7, 11) is -1.04. The van der Waals surface area contributed by atoms with Gasteiger partial charge in [0.1, 0.15) is 10.9 Å². The Morgan fingerprint density at radius 1 is 1.00 bits per heavy atom. The molecule has 0 heterocycles. The quantitative estimate of drug-likeness (QED) is 0.365. The van der Waals surface area contributed by atoms with Gasteiger partial charge in [0.2, 0.25) is 0 Å². The average molecular weight is 439 g/mol. The Bertz CT molecular complexity index is 828. The molecule has 0 saturated carbocycles. The van der Waals surface area contributed by atoms with Crippen molar-refractivity contribution in [2.45, 2.75) is 84.2 Å². The van der Waals surface area contributed by atoms with E-state index in [2.05, 4.69) is 20.8 Å². The van der Waals surface area contributed by atoms with Crippen molar-refractivity contribution in [2.75, 3.05) is 14.2 Å². The van der Waals surface area contributed by atoms with Gasteiger partial charge in [-0.05, 0) is 47.5 Å². The minimum Gasteiger partial charge on any atom is -0.507 e. The highest BCUT2D eigenvalue weighted by Crippen LogP contribution is 2.62. The minimum atomic E-state index is -3.65. The van der Waals surface area contributed by atoms with Crippen LogP contribution in [0, 0.1) is 0 Å². The Balaban J connectivity index is 3.61. The molecule has 0 aromatic heterocycles. The molecular weight excluding hydrogens is 399 g/mol. The summed E-state index contributed by atoms with van der Waals surface area (Å²) in [6, 6.07) is 3.93. The van der Waals surface area contributed by atoms with E-state index in [0.717, 1.165) is 11.1 Å². The highest BCUT2D eigenvalue weighted by Gasteiger charge is 2.52. The number of phenols is 1. The second-order valence-corrected chi connectivity index (χ2v) is 12.3. The number of rotatable bonds is 8. The van der Waals surface area contributed by atoms with Crippen LogP contribution in [0.15, 0.2) is 18.2 Å². The summed E-state index contributed by atoms with van der Waals surface area (Å²) < 4.78 is 23.6. The van der Waals surface area contributed by atoms with Gasteiger partial charge < -0.3 is 14.2 Å². The third kappa shape index (κ3) is 5.07. The maximum Gasteiger partial charge on any atom is 0.343 e. The zero-order chi connectivity index (χ0) is 23.5. The molecule has 0 fully saturated rings. The molecule has 0 aliphatic carbocycles. The zero-order valence-electron chi connectivity index (χ0n) is 20.3. The molecule has 0 bridgehead atoms. The van der Waals surface area contributed by atoms with Crippen LogP contribution in [0.1, 0.15) is 84.9 Å². The first-order chi connectivity index (χ1) is 13.6. The normalized spacial score (nSPS) is 13.8. The molecule has 6 heteroatoms. The van der Waals surface area contributed by atoms with Gasteiger partial charge in [0.05, 0.1) is 0 Å². The van der Waals surface area contributed by atoms with Gasteiger partial charge in [-0.25, -0.2) is 0 Å². The molecule has 1 rings (SSSR count). The molecule has 0 aliphatic heterocycles. The van der Waals surface area contributed by atoms with E-state index in [1.54, 1.807) is 19.9 Å². The summed E-state index contributed by atoms with van der Waals surface area (Å²) >= 11 is 0. The van der Waals surface area contributed by atoms with E-state index in [1.807, 2.05) is 32.9 Å². The summed E-state index contributed by atoms with van der Waals surface area (Å²) in [6.07, 6.45) is 3.63. The summed E-state index contributed by atoms with van der Waals surface area (Å²) in [4.78, 5) is 13.2. The molecule has 0 saturated heterocycles. The maximum atomic E-state index is 13.2. The van der Waals surface area contributed by atoms with Gasteiger partial charge in [-0.1, -0.05) is 61.5 Å². The maximum absolute atomic E-state index is 13.2. The highest BCUT2D eigenvalue weighted by atomic mass is 31.2. The Labute approximate surface area is 182 Å². The van der Waals surface area contributed by atoms with Crippen LogP contribution in [0.5, 0.6) is 5.75 Å². The highest BCUT2D eigenvalue weighted by molar-refractivity contribution is 7.56. The van der Waals surface area contributed by atoms with Crippen molar-refractivity contribution in [3.05, 3.63) is 34.9 Å². The number of hydrogen-bond donors (Lipinski definition) is 1. The molecule has 0 amide bonds. The number of allylic oxidation sites excluding steroid dienone is 1. The number of carbonyl (C=O) groups excluding carboxylic acids is 1. The third-order valence-corrected chi connectivity index (χ3v) is 8.72. The number of ketones is 1. The molecule has 170 valence electrons. The lowest BCUT2D eigenvalue weighted by atomic mass is 9.79. The van der Waals surface area contributed by atoms with Crippen molar-refractivity contribution in [3.63, 3.8) is 0 Å². The van der Waals surface area contributed by atoms with Crippen molar-refractivity contribution in [2.24, 2.45) is 0 Å². The molecule has 0 radical (unpaired) electrons. The van der Waals surface area contributed by atoms with Crippen LogP contribution >= 0.6 is 7.60 Å². The van der Waals surface area contributed by atoms with Crippen LogP contribution in [0.4, 0.5) is 0 Å². The molecule has 0 spiro atoms. The van der Waals surface area contributed by atoms with Crippen molar-refractivity contribution < 1.29 is 23.5 Å². The molecule has 0 aliphatic rings. The van der Waals surface area contributed by atoms with E-state index >= 15 is 0 Å². The third-order valence-electron chi connectivity index (χ3n) is 5.86. The summed E-state index contributed by atoms with van der Waals surface area (Å²) in [5.74, 6) is -0.183. The number of aromatic hydroxyl groups is 1. The summed E-state index contributed by atoms with van der Waals surface area (Å²) in [5, 5.41) is 9.66. The van der Waals surface area contributed by atoms with Gasteiger partial charge in [0.15, 0.2) is 5.78 Å². The van der Waals surface area contributed by atoms with E-state index in [-0.39, 0.29) is 22.4 Å². The number of benzene rings is 1. The summed E-state index contributed by atoms with van der Waals surface area (Å²) in [5.41, 5.74) is 2.05. The van der Waals surface area contributed by atoms with Crippen LogP contribution in [0.25, 0.3) is 6.08 Å². The lowest BCUT2D eigenvalue weighted by Crippen LogP contribution is -2.37. The van der Waals surface area contributed by atoms with Crippen LogP contribution < -0.4 is 0 Å². The molecule has 1 aromatic rings. The van der Waals surface area contributed by atoms with Crippen molar-refractivity contribution in [1.29, 1.82) is 0 Å². The molecule has 0 unspecified atom stereocenters. The predicted octanol–water partition coefficient (Wildman–Crippen LogP) is 6.61. The lowest BCUT2D eigenvalue weighted by Gasteiger charge is -2.34. The zero-order valence-corrected chi connectivity index (χ0v) is 21.1. The number of phenolic OH excluding ortho intramolecular Hbond substituents is 1. The largest absolute Gasteiger partial charge is 0.507 e. The second-order valence-electron chi connectivity index (χ2n) is 9.76. The number of carbonyl (C=O) groups is 1. The Morgan fingerprint density at radius 2 is 1.50 bits per heavy atom. The molecule has 1 N–H and O–H groups in total. The van der Waals surface area contributed by atoms with E-state index in [0.29, 0.717) is 18.4 Å². The van der Waals surface area contributed by atoms with E-state index in [9.17, 15) is 14.5 Å². The molecule has 0 atom stereocenters. The molecule has 5 nitrogen and oxygen atoms in total. The molecule has 30 heavy (non-hydrogen) atoms. The van der Waals surface area contributed by atoms with Gasteiger partial charge in [-0.3, -0.25) is 9.36 Å². The van der Waals surface area contributed by atoms with Crippen LogP contribution in [0.3, 0.4) is 0 Å². The smallest absolute Gasteiger partial charge is 0.343 e. The van der Waals surface area contributed by atoms with Crippen LogP contribution in [-0.4, -0.2) is 30.3 Å². The Hall–Kier alpha value is -1.42. The fourth-order valence-corrected chi connectivity index (χ4v) is 5.62. The van der Waals surface area contributed by atoms with E-state index < -0.39 is 12.8 Å². The minimum absolute atomic E-state index is 0.126. The molecular formula is C24H39O5P. The monoisotopic (exact) mass is 438 g/mol. The first-order valence-electron chi connectivity index (χ1n) is 10.5. The summed E-state index contributed by atoms with van der Waals surface area (Å²) in [6.45, 7) is 16.1. The van der Waals surface area contributed by atoms with Gasteiger partial charge in [0.25, 0.3) is 0 Å². The van der Waals surface area contributed by atoms with Crippen molar-refractivity contribution in [1.82, 2.24) is 0 Å². The topological polar surface area (TPSA) is 72.8 Å². The van der Waals surface area contributed by atoms with Gasteiger partial charge in [-0.15, -0.1) is 0 Å². The van der Waals surface area contributed by atoms with E-state index in [1.165, 1.54) is 20.3 Å². The van der Waals surface area contributed by atoms with Crippen molar-refractivity contribution in [3.8, 4) is 5.75 Å². The van der Waals surface area contributed by atoms with Crippen LogP contribution in [-0.2, 0) is 29.2 Å². The van der Waals surface area contributed by atoms with Crippen molar-refractivity contribution >= 4 is 19.5 Å². The first-order valence-corrected chi connectivity index (χ1v) is 12.0. The average Bonchev–Trinajstić information content (AvgIpc) is 2.66. The lowest BCUT2D eigenvalue weighted by molar-refractivity contribution is -0.117. The van der Waals surface area contributed by atoms with Gasteiger partial charge in [0, 0.05) is 25.3 Å². The van der Waals surface area contributed by atoms with Crippen LogP contribution in [0.2, 0.25) is 0 Å². The fourth-order valence-electron chi connectivity index (χ4n) is 3.65. The standard InChI is InChI=1S/C24H39O5P/c1-11-24(12-2,30(27,28-9)29-10)20(25)14-13-17-15-18(22(3,4)5)16-19(21(17)26)23(6,7)8/h13-16,26H,11-12H2,1-10H3. The molecule has 1 aromatic carbocycles. The van der Waals surface area contributed by atoms with Gasteiger partial charge in [-0.2, -0.15) is 0 Å². The second kappa shape index (κ2) is 9.38. The fraction of sp³-hybridized carbons (Fsp3) is 0.625. The first kappa shape index (κ1) is 26.6. The Morgan fingerprint density at radius 3 is 1.87 bits per heavy atom.